The summed E-state index contributed by atoms with van der Waals surface area (Å²) in [5.74, 6) is 1.41. The molecule has 0 aromatic carbocycles. The zero-order chi connectivity index (χ0) is 25.2. The van der Waals surface area contributed by atoms with Crippen LogP contribution in [0.25, 0.3) is 16.9 Å². The lowest BCUT2D eigenvalue weighted by Crippen LogP contribution is -2.49. The SMILES string of the molecule is C=CC.CC.CC(C)N1CCN(c2ncc(Nc3ncc(-c4cn[nH]c4)n4ccnc34)cn2)CC1. The summed E-state index contributed by atoms with van der Waals surface area (Å²) in [4.78, 5) is 22.8. The van der Waals surface area contributed by atoms with E-state index in [9.17, 15) is 0 Å². The van der Waals surface area contributed by atoms with Crippen molar-refractivity contribution < 1.29 is 0 Å². The van der Waals surface area contributed by atoms with Gasteiger partial charge in [0.15, 0.2) is 11.5 Å². The molecule has 35 heavy (non-hydrogen) atoms. The van der Waals surface area contributed by atoms with E-state index in [-0.39, 0.29) is 0 Å². The molecule has 1 aliphatic rings. The first-order valence-electron chi connectivity index (χ1n) is 12.1. The maximum atomic E-state index is 4.56. The number of anilines is 3. The fraction of sp³-hybridized carbons (Fsp3) is 0.400. The molecule has 1 saturated heterocycles. The maximum Gasteiger partial charge on any atom is 0.225 e. The van der Waals surface area contributed by atoms with E-state index in [0.717, 1.165) is 54.7 Å². The molecule has 0 radical (unpaired) electrons. The number of hydrogen-bond acceptors (Lipinski definition) is 8. The number of aromatic nitrogens is 7. The van der Waals surface area contributed by atoms with E-state index in [4.69, 9.17) is 0 Å². The highest BCUT2D eigenvalue weighted by Gasteiger charge is 2.20. The van der Waals surface area contributed by atoms with Crippen LogP contribution in [0.5, 0.6) is 0 Å². The Kier molecular flexibility index (Phi) is 9.31. The van der Waals surface area contributed by atoms with E-state index in [0.29, 0.717) is 11.9 Å². The highest BCUT2D eigenvalue weighted by atomic mass is 15.3. The molecule has 0 atom stereocenters. The molecule has 0 amide bonds. The van der Waals surface area contributed by atoms with Crippen LogP contribution in [-0.4, -0.2) is 71.7 Å². The van der Waals surface area contributed by atoms with Crippen molar-refractivity contribution in [3.63, 3.8) is 0 Å². The van der Waals surface area contributed by atoms with E-state index in [1.807, 2.05) is 37.6 Å². The van der Waals surface area contributed by atoms with Crippen LogP contribution in [-0.2, 0) is 0 Å². The van der Waals surface area contributed by atoms with E-state index >= 15 is 0 Å². The second-order valence-corrected chi connectivity index (χ2v) is 8.02. The average Bonchev–Trinajstić information content (AvgIpc) is 3.60. The number of piperazine rings is 1. The van der Waals surface area contributed by atoms with Crippen LogP contribution < -0.4 is 10.2 Å². The fourth-order valence-corrected chi connectivity index (χ4v) is 3.74. The minimum absolute atomic E-state index is 0.576. The molecule has 4 aromatic rings. The van der Waals surface area contributed by atoms with E-state index in [1.165, 1.54) is 0 Å². The molecular formula is C25H36N10. The molecule has 1 fully saturated rings. The molecule has 10 nitrogen and oxygen atoms in total. The predicted molar refractivity (Wildman–Crippen MR) is 142 cm³/mol. The topological polar surface area (TPSA) is 103 Å². The van der Waals surface area contributed by atoms with Gasteiger partial charge in [0, 0.05) is 56.4 Å². The number of rotatable bonds is 5. The second-order valence-electron chi connectivity index (χ2n) is 8.02. The Bertz CT molecular complexity index is 1160. The Hall–Kier alpha value is -3.79. The standard InChI is InChI=1S/C20H24N10.C3H6.C2H6/c1-14(2)28-5-7-29(8-6-28)20-23-11-16(12-24-20)27-18-19-21-3-4-30(19)17(13-22-18)15-9-25-26-10-15;1-3-2;1-2/h3-4,9-14H,5-8H2,1-2H3,(H,22,27)(H,25,26);3H,1H2,2H3;1-2H3. The van der Waals surface area contributed by atoms with Crippen molar-refractivity contribution in [1.82, 2.24) is 39.4 Å². The third kappa shape index (κ3) is 6.21. The first-order valence-corrected chi connectivity index (χ1v) is 12.1. The van der Waals surface area contributed by atoms with Crippen LogP contribution in [0.4, 0.5) is 17.5 Å². The van der Waals surface area contributed by atoms with Gasteiger partial charge in [-0.25, -0.2) is 19.9 Å². The van der Waals surface area contributed by atoms with Crippen molar-refractivity contribution in [2.45, 2.75) is 40.7 Å². The van der Waals surface area contributed by atoms with Crippen LogP contribution in [0.3, 0.4) is 0 Å². The largest absolute Gasteiger partial charge is 0.338 e. The summed E-state index contributed by atoms with van der Waals surface area (Å²) in [6, 6.07) is 0.576. The lowest BCUT2D eigenvalue weighted by atomic mass is 10.2. The molecule has 186 valence electrons. The van der Waals surface area contributed by atoms with Gasteiger partial charge in [-0.2, -0.15) is 5.10 Å². The van der Waals surface area contributed by atoms with Gasteiger partial charge in [0.25, 0.3) is 0 Å². The zero-order valence-corrected chi connectivity index (χ0v) is 21.3. The molecule has 0 aliphatic carbocycles. The smallest absolute Gasteiger partial charge is 0.225 e. The van der Waals surface area contributed by atoms with Gasteiger partial charge in [-0.3, -0.25) is 14.4 Å². The van der Waals surface area contributed by atoms with E-state index in [1.54, 1.807) is 37.1 Å². The summed E-state index contributed by atoms with van der Waals surface area (Å²) >= 11 is 0. The number of imidazole rings is 1. The molecular weight excluding hydrogens is 440 g/mol. The number of nitrogens with one attached hydrogen (secondary N) is 2. The lowest BCUT2D eigenvalue weighted by Gasteiger charge is -2.36. The van der Waals surface area contributed by atoms with Gasteiger partial charge in [0.2, 0.25) is 5.95 Å². The Morgan fingerprint density at radius 3 is 2.29 bits per heavy atom. The Morgan fingerprint density at radius 2 is 1.69 bits per heavy atom. The van der Waals surface area contributed by atoms with Crippen LogP contribution >= 0.6 is 0 Å². The highest BCUT2D eigenvalue weighted by molar-refractivity contribution is 5.73. The van der Waals surface area contributed by atoms with Gasteiger partial charge in [0.05, 0.1) is 36.2 Å². The maximum absolute atomic E-state index is 4.56. The van der Waals surface area contributed by atoms with Crippen molar-refractivity contribution in [1.29, 1.82) is 0 Å². The molecule has 1 aliphatic heterocycles. The van der Waals surface area contributed by atoms with Crippen LogP contribution in [0, 0.1) is 0 Å². The minimum Gasteiger partial charge on any atom is -0.338 e. The Balaban J connectivity index is 0.000000638. The fourth-order valence-electron chi connectivity index (χ4n) is 3.74. The molecule has 2 N–H and O–H groups in total. The monoisotopic (exact) mass is 476 g/mol. The highest BCUT2D eigenvalue weighted by Crippen LogP contribution is 2.24. The van der Waals surface area contributed by atoms with Gasteiger partial charge in [-0.15, -0.1) is 6.58 Å². The summed E-state index contributed by atoms with van der Waals surface area (Å²) in [5.41, 5.74) is 3.35. The van der Waals surface area contributed by atoms with Gasteiger partial charge >= 0.3 is 0 Å². The Morgan fingerprint density at radius 1 is 1.00 bits per heavy atom. The van der Waals surface area contributed by atoms with E-state index in [2.05, 4.69) is 65.7 Å². The third-order valence-corrected chi connectivity index (χ3v) is 5.45. The molecule has 0 saturated carbocycles. The molecule has 5 rings (SSSR count). The van der Waals surface area contributed by atoms with Crippen LogP contribution in [0.2, 0.25) is 0 Å². The Labute approximate surface area is 207 Å². The summed E-state index contributed by atoms with van der Waals surface area (Å²) in [6.07, 6.45) is 14.4. The molecule has 0 bridgehead atoms. The summed E-state index contributed by atoms with van der Waals surface area (Å²) in [7, 11) is 0. The predicted octanol–water partition coefficient (Wildman–Crippen LogP) is 4.40. The van der Waals surface area contributed by atoms with Crippen molar-refractivity contribution in [2.24, 2.45) is 0 Å². The van der Waals surface area contributed by atoms with Crippen LogP contribution in [0.15, 0.2) is 56.0 Å². The third-order valence-electron chi connectivity index (χ3n) is 5.45. The molecule has 4 aromatic heterocycles. The molecule has 10 heteroatoms. The van der Waals surface area contributed by atoms with Crippen molar-refractivity contribution in [3.05, 3.63) is 56.0 Å². The number of aromatic amines is 1. The molecule has 0 spiro atoms. The first kappa shape index (κ1) is 25.8. The number of allylic oxidation sites excluding steroid dienone is 1. The minimum atomic E-state index is 0.576. The van der Waals surface area contributed by atoms with Crippen molar-refractivity contribution >= 4 is 23.1 Å². The van der Waals surface area contributed by atoms with Crippen molar-refractivity contribution in [2.75, 3.05) is 36.4 Å². The van der Waals surface area contributed by atoms with Gasteiger partial charge in [-0.05, 0) is 20.8 Å². The summed E-state index contributed by atoms with van der Waals surface area (Å²) in [5, 5.41) is 10.1. The van der Waals surface area contributed by atoms with Gasteiger partial charge in [-0.1, -0.05) is 19.9 Å². The zero-order valence-electron chi connectivity index (χ0n) is 21.3. The van der Waals surface area contributed by atoms with Crippen molar-refractivity contribution in [3.8, 4) is 11.3 Å². The van der Waals surface area contributed by atoms with Gasteiger partial charge in [0.1, 0.15) is 0 Å². The number of hydrogen-bond donors (Lipinski definition) is 2. The quantitative estimate of drug-likeness (QED) is 0.409. The first-order chi connectivity index (χ1) is 17.1. The number of H-pyrrole nitrogens is 1. The molecule has 5 heterocycles. The second kappa shape index (κ2) is 12.6. The number of fused-ring (bicyclic) bond motifs is 1. The normalized spacial score (nSPS) is 13.6. The van der Waals surface area contributed by atoms with Crippen LogP contribution in [0.1, 0.15) is 34.6 Å². The molecule has 0 unspecified atom stereocenters. The lowest BCUT2D eigenvalue weighted by molar-refractivity contribution is 0.208. The summed E-state index contributed by atoms with van der Waals surface area (Å²) in [6.45, 7) is 17.7. The number of nitrogens with zero attached hydrogens (tertiary/aromatic N) is 8. The average molecular weight is 477 g/mol. The summed E-state index contributed by atoms with van der Waals surface area (Å²) < 4.78 is 1.98. The van der Waals surface area contributed by atoms with E-state index < -0.39 is 0 Å². The van der Waals surface area contributed by atoms with Gasteiger partial charge < -0.3 is 10.2 Å².